The number of amides is 1. The number of aliphatic carboxylic acids is 2. The Kier molecular flexibility index (Phi) is 7.73. The molecule has 0 radical (unpaired) electrons. The van der Waals surface area contributed by atoms with Gasteiger partial charge in [-0.3, -0.25) is 4.79 Å². The molecule has 1 fully saturated rings. The van der Waals surface area contributed by atoms with Gasteiger partial charge in [0.15, 0.2) is 13.2 Å². The van der Waals surface area contributed by atoms with Crippen LogP contribution in [0.1, 0.15) is 53.1 Å². The number of carbonyl (C=O) groups is 3. The van der Waals surface area contributed by atoms with Gasteiger partial charge in [-0.2, -0.15) is 0 Å². The molecule has 3 rings (SSSR count). The molecule has 188 valence electrons. The number of carboxylic acid groups (broad SMARTS) is 2. The molecule has 2 N–H and O–H groups in total. The van der Waals surface area contributed by atoms with Gasteiger partial charge in [-0.25, -0.2) is 9.59 Å². The zero-order valence-electron chi connectivity index (χ0n) is 20.9. The maximum absolute atomic E-state index is 12.0. The highest BCUT2D eigenvalue weighted by molar-refractivity contribution is 5.73. The Morgan fingerprint density at radius 2 is 1.11 bits per heavy atom. The van der Waals surface area contributed by atoms with Crippen LogP contribution in [0.2, 0.25) is 0 Å². The summed E-state index contributed by atoms with van der Waals surface area (Å²) in [6.07, 6.45) is 1.43. The van der Waals surface area contributed by atoms with E-state index in [0.29, 0.717) is 24.6 Å². The van der Waals surface area contributed by atoms with Crippen LogP contribution in [0.5, 0.6) is 11.5 Å². The Labute approximate surface area is 205 Å². The number of aryl methyl sites for hydroxylation is 4. The highest BCUT2D eigenvalue weighted by Crippen LogP contribution is 2.45. The average molecular weight is 484 g/mol. The van der Waals surface area contributed by atoms with E-state index in [-0.39, 0.29) is 11.3 Å². The standard InChI is InChI=1S/C27H33NO7/c1-16-10-21(11-17(2)25(16)34-14-23(30)31)27(6-8-28(9-7-27)20(5)29)22-12-18(3)26(19(4)13-22)35-15-24(32)33/h10-13H,6-9,14-15H2,1-5H3,(H,30,31)(H,32,33). The van der Waals surface area contributed by atoms with Gasteiger partial charge in [0.2, 0.25) is 5.91 Å². The monoisotopic (exact) mass is 483 g/mol. The molecule has 0 unspecified atom stereocenters. The van der Waals surface area contributed by atoms with Crippen LogP contribution in [0.25, 0.3) is 0 Å². The van der Waals surface area contributed by atoms with Gasteiger partial charge in [-0.05, 0) is 73.9 Å². The van der Waals surface area contributed by atoms with Crippen molar-refractivity contribution >= 4 is 17.8 Å². The molecule has 0 spiro atoms. The minimum atomic E-state index is -1.03. The summed E-state index contributed by atoms with van der Waals surface area (Å²) in [6, 6.07) is 8.19. The molecule has 0 aromatic heterocycles. The van der Waals surface area contributed by atoms with Crippen LogP contribution in [0, 0.1) is 27.7 Å². The number of likely N-dealkylation sites (tertiary alicyclic amines) is 1. The summed E-state index contributed by atoms with van der Waals surface area (Å²) in [5.41, 5.74) is 5.18. The molecule has 35 heavy (non-hydrogen) atoms. The van der Waals surface area contributed by atoms with Crippen LogP contribution in [-0.2, 0) is 19.8 Å². The fourth-order valence-electron chi connectivity index (χ4n) is 5.12. The maximum Gasteiger partial charge on any atom is 0.341 e. The summed E-state index contributed by atoms with van der Waals surface area (Å²) in [5.74, 6) is -0.878. The van der Waals surface area contributed by atoms with Crippen molar-refractivity contribution in [3.63, 3.8) is 0 Å². The van der Waals surface area contributed by atoms with Crippen molar-refractivity contribution in [2.75, 3.05) is 26.3 Å². The highest BCUT2D eigenvalue weighted by atomic mass is 16.5. The van der Waals surface area contributed by atoms with E-state index in [0.717, 1.165) is 46.2 Å². The topological polar surface area (TPSA) is 113 Å². The van der Waals surface area contributed by atoms with E-state index < -0.39 is 25.2 Å². The van der Waals surface area contributed by atoms with Crippen molar-refractivity contribution in [2.45, 2.75) is 52.9 Å². The molecular weight excluding hydrogens is 450 g/mol. The van der Waals surface area contributed by atoms with Crippen LogP contribution in [-0.4, -0.2) is 59.3 Å². The van der Waals surface area contributed by atoms with Crippen molar-refractivity contribution in [2.24, 2.45) is 0 Å². The van der Waals surface area contributed by atoms with Crippen LogP contribution < -0.4 is 9.47 Å². The van der Waals surface area contributed by atoms with Crippen LogP contribution in [0.4, 0.5) is 0 Å². The number of piperidine rings is 1. The number of carbonyl (C=O) groups excluding carboxylic acids is 1. The minimum Gasteiger partial charge on any atom is -0.481 e. The molecule has 0 atom stereocenters. The van der Waals surface area contributed by atoms with Gasteiger partial charge >= 0.3 is 11.9 Å². The van der Waals surface area contributed by atoms with Crippen molar-refractivity contribution in [3.8, 4) is 11.5 Å². The predicted molar refractivity (Wildman–Crippen MR) is 130 cm³/mol. The largest absolute Gasteiger partial charge is 0.481 e. The van der Waals surface area contributed by atoms with E-state index in [4.69, 9.17) is 19.7 Å². The second-order valence-electron chi connectivity index (χ2n) is 9.33. The fraction of sp³-hybridized carbons (Fsp3) is 0.444. The van der Waals surface area contributed by atoms with Gasteiger partial charge in [0.1, 0.15) is 11.5 Å². The molecule has 0 saturated carbocycles. The van der Waals surface area contributed by atoms with Gasteiger partial charge in [-0.1, -0.05) is 24.3 Å². The molecule has 1 saturated heterocycles. The quantitative estimate of drug-likeness (QED) is 0.587. The number of rotatable bonds is 8. The Morgan fingerprint density at radius 3 is 1.40 bits per heavy atom. The molecule has 8 heteroatoms. The minimum absolute atomic E-state index is 0.0492. The lowest BCUT2D eigenvalue weighted by Crippen LogP contribution is -2.45. The first-order valence-corrected chi connectivity index (χ1v) is 11.6. The van der Waals surface area contributed by atoms with Gasteiger partial charge in [0.25, 0.3) is 0 Å². The summed E-state index contributed by atoms with van der Waals surface area (Å²) in [6.45, 7) is 9.62. The number of benzene rings is 2. The van der Waals surface area contributed by atoms with E-state index in [1.165, 1.54) is 0 Å². The lowest BCUT2D eigenvalue weighted by molar-refractivity contribution is -0.140. The molecule has 0 bridgehead atoms. The van der Waals surface area contributed by atoms with Gasteiger partial charge in [-0.15, -0.1) is 0 Å². The first kappa shape index (κ1) is 26.1. The normalized spacial score (nSPS) is 14.9. The van der Waals surface area contributed by atoms with Crippen molar-refractivity contribution in [1.29, 1.82) is 0 Å². The first-order valence-electron chi connectivity index (χ1n) is 11.6. The third-order valence-electron chi connectivity index (χ3n) is 6.77. The summed E-state index contributed by atoms with van der Waals surface area (Å²) in [7, 11) is 0. The van der Waals surface area contributed by atoms with E-state index >= 15 is 0 Å². The van der Waals surface area contributed by atoms with Crippen LogP contribution in [0.15, 0.2) is 24.3 Å². The molecule has 1 heterocycles. The summed E-state index contributed by atoms with van der Waals surface area (Å²) >= 11 is 0. The molecule has 0 aliphatic carbocycles. The first-order chi connectivity index (χ1) is 16.4. The smallest absolute Gasteiger partial charge is 0.341 e. The summed E-state index contributed by atoms with van der Waals surface area (Å²) < 4.78 is 11.1. The number of hydrogen-bond acceptors (Lipinski definition) is 5. The van der Waals surface area contributed by atoms with Crippen LogP contribution >= 0.6 is 0 Å². The number of nitrogens with zero attached hydrogens (tertiary/aromatic N) is 1. The Balaban J connectivity index is 2.10. The highest BCUT2D eigenvalue weighted by Gasteiger charge is 2.39. The van der Waals surface area contributed by atoms with Gasteiger partial charge < -0.3 is 24.6 Å². The predicted octanol–water partition coefficient (Wildman–Crippen LogP) is 3.78. The fourth-order valence-corrected chi connectivity index (χ4v) is 5.12. The Hall–Kier alpha value is -3.55. The lowest BCUT2D eigenvalue weighted by Gasteiger charge is -2.43. The van der Waals surface area contributed by atoms with E-state index in [1.807, 2.05) is 56.9 Å². The molecule has 2 aromatic rings. The molecular formula is C27H33NO7. The zero-order chi connectivity index (χ0) is 25.9. The summed E-state index contributed by atoms with van der Waals surface area (Å²) in [4.78, 5) is 35.9. The molecule has 1 aliphatic heterocycles. The van der Waals surface area contributed by atoms with Crippen molar-refractivity contribution in [3.05, 3.63) is 57.6 Å². The number of hydrogen-bond donors (Lipinski definition) is 2. The van der Waals surface area contributed by atoms with E-state index in [1.54, 1.807) is 6.92 Å². The molecule has 2 aromatic carbocycles. The van der Waals surface area contributed by atoms with Crippen LogP contribution in [0.3, 0.4) is 0 Å². The van der Waals surface area contributed by atoms with E-state index in [9.17, 15) is 14.4 Å². The number of ether oxygens (including phenoxy) is 2. The van der Waals surface area contributed by atoms with Gasteiger partial charge in [0, 0.05) is 25.4 Å². The van der Waals surface area contributed by atoms with Crippen molar-refractivity contribution in [1.82, 2.24) is 4.90 Å². The molecule has 1 amide bonds. The second kappa shape index (κ2) is 10.4. The molecule has 1 aliphatic rings. The Morgan fingerprint density at radius 1 is 0.771 bits per heavy atom. The lowest BCUT2D eigenvalue weighted by atomic mass is 9.67. The zero-order valence-corrected chi connectivity index (χ0v) is 20.9. The number of carboxylic acids is 2. The second-order valence-corrected chi connectivity index (χ2v) is 9.33. The Bertz CT molecular complexity index is 1020. The summed E-state index contributed by atoms with van der Waals surface area (Å²) in [5, 5.41) is 18.0. The van der Waals surface area contributed by atoms with Crippen molar-refractivity contribution < 1.29 is 34.1 Å². The maximum atomic E-state index is 12.0. The average Bonchev–Trinajstić information content (AvgIpc) is 2.77. The third kappa shape index (κ3) is 5.58. The van der Waals surface area contributed by atoms with Gasteiger partial charge in [0.05, 0.1) is 0 Å². The van der Waals surface area contributed by atoms with E-state index in [2.05, 4.69) is 0 Å². The SMILES string of the molecule is CC(=O)N1CCC(c2cc(C)c(OCC(=O)O)c(C)c2)(c2cc(C)c(OCC(=O)O)c(C)c2)CC1. The third-order valence-corrected chi connectivity index (χ3v) is 6.77. The molecule has 8 nitrogen and oxygen atoms in total.